The van der Waals surface area contributed by atoms with Crippen LogP contribution in [0.15, 0.2) is 11.3 Å². The standard InChI is InChI=1S/C18H27N7O4/c1-5-29-17(28)13-6-8-24(9-7-13)15(26)11-22(3)16(27)14-10-25-18(19-20-21-25)23(4)12(14)2/h13H,5-11H2,1-4H3. The van der Waals surface area contributed by atoms with Gasteiger partial charge in [-0.25, -0.2) is 4.68 Å². The fourth-order valence-electron chi connectivity index (χ4n) is 3.61. The Labute approximate surface area is 169 Å². The number of hydrogen-bond donors (Lipinski definition) is 0. The lowest BCUT2D eigenvalue weighted by Gasteiger charge is -2.33. The first-order valence-electron chi connectivity index (χ1n) is 9.73. The molecule has 2 aliphatic rings. The highest BCUT2D eigenvalue weighted by atomic mass is 16.5. The molecule has 0 spiro atoms. The van der Waals surface area contributed by atoms with Crippen LogP contribution in [-0.4, -0.2) is 88.1 Å². The molecule has 0 saturated carbocycles. The van der Waals surface area contributed by atoms with Crippen LogP contribution in [0, 0.1) is 5.92 Å². The number of ether oxygens (including phenoxy) is 1. The van der Waals surface area contributed by atoms with E-state index in [9.17, 15) is 14.4 Å². The van der Waals surface area contributed by atoms with Gasteiger partial charge in [-0.15, -0.1) is 0 Å². The maximum absolute atomic E-state index is 12.9. The zero-order valence-electron chi connectivity index (χ0n) is 17.3. The Morgan fingerprint density at radius 3 is 2.59 bits per heavy atom. The highest BCUT2D eigenvalue weighted by molar-refractivity contribution is 5.97. The molecule has 3 rings (SSSR count). The number of likely N-dealkylation sites (N-methyl/N-ethyl adjacent to an activating group) is 1. The third kappa shape index (κ3) is 4.22. The lowest BCUT2D eigenvalue weighted by atomic mass is 9.97. The molecule has 2 aliphatic heterocycles. The molecule has 3 heterocycles. The largest absolute Gasteiger partial charge is 0.466 e. The number of tetrazole rings is 1. The molecule has 0 bridgehead atoms. The molecular weight excluding hydrogens is 378 g/mol. The van der Waals surface area contributed by atoms with Crippen molar-refractivity contribution in [3.63, 3.8) is 0 Å². The quantitative estimate of drug-likeness (QED) is 0.611. The molecule has 29 heavy (non-hydrogen) atoms. The number of rotatable bonds is 5. The van der Waals surface area contributed by atoms with Gasteiger partial charge in [0.1, 0.15) is 0 Å². The van der Waals surface area contributed by atoms with Crippen LogP contribution < -0.4 is 4.90 Å². The number of nitrogens with zero attached hydrogens (tertiary/aromatic N) is 7. The van der Waals surface area contributed by atoms with E-state index in [2.05, 4.69) is 15.5 Å². The number of hydrogen-bond acceptors (Lipinski definition) is 8. The highest BCUT2D eigenvalue weighted by Crippen LogP contribution is 2.24. The molecule has 158 valence electrons. The Morgan fingerprint density at radius 2 is 1.93 bits per heavy atom. The molecule has 1 fully saturated rings. The molecule has 1 aromatic rings. The number of fused-ring (bicyclic) bond motifs is 1. The van der Waals surface area contributed by atoms with Gasteiger partial charge in [-0.1, -0.05) is 5.10 Å². The Morgan fingerprint density at radius 1 is 1.24 bits per heavy atom. The molecule has 0 aromatic carbocycles. The van der Waals surface area contributed by atoms with Gasteiger partial charge in [0, 0.05) is 32.9 Å². The molecule has 0 unspecified atom stereocenters. The summed E-state index contributed by atoms with van der Waals surface area (Å²) < 4.78 is 6.61. The first-order chi connectivity index (χ1) is 13.8. The summed E-state index contributed by atoms with van der Waals surface area (Å²) in [5.74, 6) is -0.145. The van der Waals surface area contributed by atoms with E-state index in [1.54, 1.807) is 35.5 Å². The van der Waals surface area contributed by atoms with Gasteiger partial charge in [-0.2, -0.15) is 0 Å². The fourth-order valence-corrected chi connectivity index (χ4v) is 3.61. The molecule has 11 nitrogen and oxygen atoms in total. The Kier molecular flexibility index (Phi) is 6.14. The second kappa shape index (κ2) is 8.58. The SMILES string of the molecule is CCOC(=O)C1CCN(C(=O)CN(C)C(=O)C2=C(C)N(C)c3nnnn3C2)CC1. The van der Waals surface area contributed by atoms with Gasteiger partial charge in [-0.3, -0.25) is 14.4 Å². The number of carbonyl (C=O) groups excluding carboxylic acids is 3. The third-order valence-corrected chi connectivity index (χ3v) is 5.51. The zero-order chi connectivity index (χ0) is 21.1. The number of amides is 2. The van der Waals surface area contributed by atoms with Gasteiger partial charge in [0.15, 0.2) is 0 Å². The fraction of sp³-hybridized carbons (Fsp3) is 0.667. The van der Waals surface area contributed by atoms with Crippen molar-refractivity contribution in [2.24, 2.45) is 5.92 Å². The van der Waals surface area contributed by atoms with Crippen LogP contribution in [0.1, 0.15) is 26.7 Å². The Balaban J connectivity index is 1.57. The topological polar surface area (TPSA) is 114 Å². The van der Waals surface area contributed by atoms with Crippen molar-refractivity contribution >= 4 is 23.7 Å². The Hall–Kier alpha value is -2.98. The average Bonchev–Trinajstić information content (AvgIpc) is 3.19. The van der Waals surface area contributed by atoms with Crippen LogP contribution in [0.4, 0.5) is 5.95 Å². The van der Waals surface area contributed by atoms with Gasteiger partial charge in [0.05, 0.1) is 31.2 Å². The van der Waals surface area contributed by atoms with Crippen LogP contribution in [0.3, 0.4) is 0 Å². The van der Waals surface area contributed by atoms with Crippen molar-refractivity contribution in [3.8, 4) is 0 Å². The van der Waals surface area contributed by atoms with Crippen LogP contribution in [0.2, 0.25) is 0 Å². The molecule has 0 atom stereocenters. The average molecular weight is 405 g/mol. The van der Waals surface area contributed by atoms with Crippen LogP contribution in [-0.2, 0) is 25.7 Å². The zero-order valence-corrected chi connectivity index (χ0v) is 17.3. The predicted octanol–water partition coefficient (Wildman–Crippen LogP) is -0.343. The van der Waals surface area contributed by atoms with Crippen molar-refractivity contribution in [2.45, 2.75) is 33.2 Å². The minimum Gasteiger partial charge on any atom is -0.466 e. The summed E-state index contributed by atoms with van der Waals surface area (Å²) in [6.45, 7) is 5.20. The summed E-state index contributed by atoms with van der Waals surface area (Å²) in [5.41, 5.74) is 1.30. The maximum Gasteiger partial charge on any atom is 0.309 e. The first kappa shape index (κ1) is 20.7. The molecule has 0 aliphatic carbocycles. The number of esters is 1. The molecular formula is C18H27N7O4. The van der Waals surface area contributed by atoms with Crippen molar-refractivity contribution < 1.29 is 19.1 Å². The van der Waals surface area contributed by atoms with E-state index in [4.69, 9.17) is 4.74 Å². The number of carbonyl (C=O) groups is 3. The number of anilines is 1. The summed E-state index contributed by atoms with van der Waals surface area (Å²) in [7, 11) is 3.41. The van der Waals surface area contributed by atoms with Gasteiger partial charge < -0.3 is 19.4 Å². The molecule has 0 N–H and O–H groups in total. The lowest BCUT2D eigenvalue weighted by Crippen LogP contribution is -2.46. The smallest absolute Gasteiger partial charge is 0.309 e. The Bertz CT molecular complexity index is 826. The third-order valence-electron chi connectivity index (χ3n) is 5.51. The van der Waals surface area contributed by atoms with Crippen LogP contribution in [0.5, 0.6) is 0 Å². The monoisotopic (exact) mass is 405 g/mol. The summed E-state index contributed by atoms with van der Waals surface area (Å²) in [5, 5.41) is 11.5. The van der Waals surface area contributed by atoms with E-state index in [1.807, 2.05) is 6.92 Å². The molecule has 1 saturated heterocycles. The minimum absolute atomic E-state index is 0.0220. The minimum atomic E-state index is -0.231. The van der Waals surface area contributed by atoms with Gasteiger partial charge in [-0.05, 0) is 37.1 Å². The molecule has 11 heteroatoms. The molecule has 2 amide bonds. The second-order valence-electron chi connectivity index (χ2n) is 7.33. The van der Waals surface area contributed by atoms with E-state index in [0.29, 0.717) is 44.1 Å². The van der Waals surface area contributed by atoms with Crippen molar-refractivity contribution in [1.82, 2.24) is 30.0 Å². The van der Waals surface area contributed by atoms with E-state index in [1.165, 1.54) is 4.90 Å². The molecule has 0 radical (unpaired) electrons. The maximum atomic E-state index is 12.9. The van der Waals surface area contributed by atoms with Crippen molar-refractivity contribution in [2.75, 3.05) is 45.2 Å². The van der Waals surface area contributed by atoms with E-state index < -0.39 is 0 Å². The van der Waals surface area contributed by atoms with E-state index in [-0.39, 0.29) is 36.8 Å². The van der Waals surface area contributed by atoms with Crippen LogP contribution in [0.25, 0.3) is 0 Å². The highest BCUT2D eigenvalue weighted by Gasteiger charge is 2.31. The number of likely N-dealkylation sites (tertiary alicyclic amines) is 1. The van der Waals surface area contributed by atoms with Crippen molar-refractivity contribution in [3.05, 3.63) is 11.3 Å². The predicted molar refractivity (Wildman–Crippen MR) is 102 cm³/mol. The van der Waals surface area contributed by atoms with E-state index in [0.717, 1.165) is 5.70 Å². The first-order valence-corrected chi connectivity index (χ1v) is 9.73. The van der Waals surface area contributed by atoms with Gasteiger partial charge >= 0.3 is 5.97 Å². The van der Waals surface area contributed by atoms with Crippen molar-refractivity contribution in [1.29, 1.82) is 0 Å². The van der Waals surface area contributed by atoms with Crippen LogP contribution >= 0.6 is 0 Å². The van der Waals surface area contributed by atoms with Gasteiger partial charge in [0.2, 0.25) is 11.9 Å². The number of allylic oxidation sites excluding steroid dienone is 1. The lowest BCUT2D eigenvalue weighted by molar-refractivity contribution is -0.151. The number of piperidine rings is 1. The summed E-state index contributed by atoms with van der Waals surface area (Å²) in [4.78, 5) is 42.3. The summed E-state index contributed by atoms with van der Waals surface area (Å²) >= 11 is 0. The number of aromatic nitrogens is 4. The van der Waals surface area contributed by atoms with E-state index >= 15 is 0 Å². The van der Waals surface area contributed by atoms with Gasteiger partial charge in [0.25, 0.3) is 5.91 Å². The summed E-state index contributed by atoms with van der Waals surface area (Å²) in [6, 6.07) is 0. The second-order valence-corrected chi connectivity index (χ2v) is 7.33. The normalized spacial score (nSPS) is 17.2. The summed E-state index contributed by atoms with van der Waals surface area (Å²) in [6.07, 6.45) is 1.17. The molecule has 1 aromatic heterocycles.